The largest absolute Gasteiger partial charge is 0.444 e. The van der Waals surface area contributed by atoms with E-state index in [1.54, 1.807) is 6.08 Å². The maximum atomic E-state index is 12.0. The minimum absolute atomic E-state index is 0.149. The number of rotatable bonds is 3. The van der Waals surface area contributed by atoms with E-state index < -0.39 is 0 Å². The van der Waals surface area contributed by atoms with Gasteiger partial charge in [-0.2, -0.15) is 0 Å². The van der Waals surface area contributed by atoms with Gasteiger partial charge in [0.1, 0.15) is 5.60 Å². The Bertz CT molecular complexity index is 310. The molecule has 124 valence electrons. The third-order valence-electron chi connectivity index (χ3n) is 4.01. The zero-order valence-corrected chi connectivity index (χ0v) is 15.0. The molecule has 1 rings (SSSR count). The van der Waals surface area contributed by atoms with Crippen molar-refractivity contribution in [2.24, 2.45) is 5.41 Å². The molecule has 0 aromatic heterocycles. The van der Waals surface area contributed by atoms with Crippen molar-refractivity contribution in [3.63, 3.8) is 0 Å². The smallest absolute Gasteiger partial charge is 0.410 e. The number of likely N-dealkylation sites (tertiary alicyclic amines) is 1. The topological polar surface area (TPSA) is 29.5 Å². The molecular weight excluding hydrogens is 262 g/mol. The average Bonchev–Trinajstić information content (AvgIpc) is 2.38. The highest BCUT2D eigenvalue weighted by Crippen LogP contribution is 2.39. The van der Waals surface area contributed by atoms with Crippen LogP contribution in [0.2, 0.25) is 0 Å². The number of piperidine rings is 1. The van der Waals surface area contributed by atoms with Gasteiger partial charge in [-0.05, 0) is 52.4 Å². The Balaban J connectivity index is 0.00000122. The van der Waals surface area contributed by atoms with E-state index in [9.17, 15) is 4.79 Å². The molecule has 3 nitrogen and oxygen atoms in total. The van der Waals surface area contributed by atoms with Gasteiger partial charge in [-0.3, -0.25) is 0 Å². The van der Waals surface area contributed by atoms with E-state index in [2.05, 4.69) is 20.4 Å². The molecule has 0 unspecified atom stereocenters. The number of nitrogens with zero attached hydrogens (tertiary/aromatic N) is 1. The van der Waals surface area contributed by atoms with Crippen LogP contribution in [-0.4, -0.2) is 29.7 Å². The third kappa shape index (κ3) is 7.54. The van der Waals surface area contributed by atoms with Crippen LogP contribution < -0.4 is 0 Å². The second-order valence-electron chi connectivity index (χ2n) is 6.98. The normalized spacial score (nSPS) is 17.5. The summed E-state index contributed by atoms with van der Waals surface area (Å²) in [7, 11) is 0. The van der Waals surface area contributed by atoms with Gasteiger partial charge in [0.05, 0.1) is 0 Å². The molecule has 1 aliphatic rings. The molecule has 0 bridgehead atoms. The van der Waals surface area contributed by atoms with Crippen LogP contribution in [0.15, 0.2) is 12.7 Å². The molecule has 1 aliphatic heterocycles. The predicted molar refractivity (Wildman–Crippen MR) is 90.5 cm³/mol. The minimum Gasteiger partial charge on any atom is -0.444 e. The van der Waals surface area contributed by atoms with Gasteiger partial charge in [-0.1, -0.05) is 32.8 Å². The van der Waals surface area contributed by atoms with Crippen LogP contribution in [0.25, 0.3) is 0 Å². The number of carbonyl (C=O) groups excluding carboxylic acids is 1. The lowest BCUT2D eigenvalue weighted by Gasteiger charge is -2.41. The fourth-order valence-electron chi connectivity index (χ4n) is 2.80. The summed E-state index contributed by atoms with van der Waals surface area (Å²) in [4.78, 5) is 13.8. The number of carbonyl (C=O) groups is 1. The molecule has 0 atom stereocenters. The Hall–Kier alpha value is -0.990. The average molecular weight is 297 g/mol. The van der Waals surface area contributed by atoms with E-state index in [1.165, 1.54) is 19.3 Å². The van der Waals surface area contributed by atoms with Crippen molar-refractivity contribution in [2.45, 2.75) is 79.2 Å². The van der Waals surface area contributed by atoms with E-state index in [0.29, 0.717) is 5.41 Å². The lowest BCUT2D eigenvalue weighted by atomic mass is 9.73. The van der Waals surface area contributed by atoms with Crippen LogP contribution in [0.1, 0.15) is 73.6 Å². The summed E-state index contributed by atoms with van der Waals surface area (Å²) in [5.41, 5.74) is 0.0764. The number of ether oxygens (including phenoxy) is 1. The van der Waals surface area contributed by atoms with Gasteiger partial charge in [0.15, 0.2) is 0 Å². The zero-order valence-electron chi connectivity index (χ0n) is 15.0. The van der Waals surface area contributed by atoms with E-state index >= 15 is 0 Å². The zero-order chi connectivity index (χ0) is 16.5. The summed E-state index contributed by atoms with van der Waals surface area (Å²) >= 11 is 0. The molecule has 3 heteroatoms. The number of allylic oxidation sites excluding steroid dienone is 1. The number of amides is 1. The summed E-state index contributed by atoms with van der Waals surface area (Å²) < 4.78 is 5.43. The van der Waals surface area contributed by atoms with E-state index in [-0.39, 0.29) is 11.7 Å². The minimum atomic E-state index is -0.389. The van der Waals surface area contributed by atoms with E-state index in [1.807, 2.05) is 32.6 Å². The lowest BCUT2D eigenvalue weighted by molar-refractivity contribution is 0.00820. The summed E-state index contributed by atoms with van der Waals surface area (Å²) in [6.45, 7) is 17.2. The second kappa shape index (κ2) is 9.11. The Labute approximate surface area is 131 Å². The fraction of sp³-hybridized carbons (Fsp3) is 0.833. The second-order valence-corrected chi connectivity index (χ2v) is 6.98. The van der Waals surface area contributed by atoms with Gasteiger partial charge < -0.3 is 9.64 Å². The van der Waals surface area contributed by atoms with Gasteiger partial charge in [0.2, 0.25) is 0 Å². The quantitative estimate of drug-likeness (QED) is 0.652. The van der Waals surface area contributed by atoms with Gasteiger partial charge in [0, 0.05) is 13.1 Å². The third-order valence-corrected chi connectivity index (χ3v) is 4.01. The summed E-state index contributed by atoms with van der Waals surface area (Å²) in [5.74, 6) is 0. The predicted octanol–water partition coefficient (Wildman–Crippen LogP) is 5.41. The first kappa shape index (κ1) is 20.0. The SMILES string of the molecule is C=CC.CCCC1(CC)CCN(C(=O)OC(C)(C)C)CC1. The highest BCUT2D eigenvalue weighted by Gasteiger charge is 2.34. The molecule has 1 fully saturated rings. The van der Waals surface area contributed by atoms with Crippen molar-refractivity contribution in [3.05, 3.63) is 12.7 Å². The van der Waals surface area contributed by atoms with E-state index in [0.717, 1.165) is 25.9 Å². The molecule has 21 heavy (non-hydrogen) atoms. The fourth-order valence-corrected chi connectivity index (χ4v) is 2.80. The molecule has 0 aromatic carbocycles. The van der Waals surface area contributed by atoms with Crippen LogP contribution in [0.3, 0.4) is 0 Å². The van der Waals surface area contributed by atoms with Crippen LogP contribution >= 0.6 is 0 Å². The lowest BCUT2D eigenvalue weighted by Crippen LogP contribution is -2.45. The summed E-state index contributed by atoms with van der Waals surface area (Å²) in [6, 6.07) is 0. The molecule has 0 radical (unpaired) electrons. The molecule has 1 heterocycles. The van der Waals surface area contributed by atoms with Crippen LogP contribution in [0.4, 0.5) is 4.79 Å². The molecule has 0 aliphatic carbocycles. The molecule has 0 aromatic rings. The number of hydrogen-bond acceptors (Lipinski definition) is 2. The first-order valence-electron chi connectivity index (χ1n) is 8.28. The van der Waals surface area contributed by atoms with Crippen LogP contribution in [0.5, 0.6) is 0 Å². The highest BCUT2D eigenvalue weighted by molar-refractivity contribution is 5.68. The van der Waals surface area contributed by atoms with Crippen molar-refractivity contribution in [3.8, 4) is 0 Å². The van der Waals surface area contributed by atoms with Gasteiger partial charge in [-0.25, -0.2) is 4.79 Å². The van der Waals surface area contributed by atoms with Crippen molar-refractivity contribution >= 4 is 6.09 Å². The first-order valence-corrected chi connectivity index (χ1v) is 8.28. The van der Waals surface area contributed by atoms with Crippen molar-refractivity contribution in [1.82, 2.24) is 4.90 Å². The van der Waals surface area contributed by atoms with E-state index in [4.69, 9.17) is 4.74 Å². The maximum absolute atomic E-state index is 12.0. The Kier molecular flexibility index (Phi) is 8.68. The Morgan fingerprint density at radius 3 is 2.10 bits per heavy atom. The molecule has 1 amide bonds. The van der Waals surface area contributed by atoms with Crippen molar-refractivity contribution < 1.29 is 9.53 Å². The van der Waals surface area contributed by atoms with Gasteiger partial charge in [-0.15, -0.1) is 6.58 Å². The molecule has 0 N–H and O–H groups in total. The molecular formula is C18H35NO2. The van der Waals surface area contributed by atoms with Crippen LogP contribution in [0, 0.1) is 5.41 Å². The molecule has 0 saturated carbocycles. The highest BCUT2D eigenvalue weighted by atomic mass is 16.6. The Morgan fingerprint density at radius 2 is 1.76 bits per heavy atom. The summed E-state index contributed by atoms with van der Waals surface area (Å²) in [5, 5.41) is 0. The summed E-state index contributed by atoms with van der Waals surface area (Å²) in [6.07, 6.45) is 7.59. The van der Waals surface area contributed by atoms with Crippen molar-refractivity contribution in [1.29, 1.82) is 0 Å². The maximum Gasteiger partial charge on any atom is 0.410 e. The number of hydrogen-bond donors (Lipinski definition) is 0. The van der Waals surface area contributed by atoms with Gasteiger partial charge >= 0.3 is 6.09 Å². The first-order chi connectivity index (χ1) is 9.73. The Morgan fingerprint density at radius 1 is 1.29 bits per heavy atom. The molecule has 0 spiro atoms. The van der Waals surface area contributed by atoms with Crippen molar-refractivity contribution in [2.75, 3.05) is 13.1 Å². The van der Waals surface area contributed by atoms with Crippen LogP contribution in [-0.2, 0) is 4.74 Å². The monoisotopic (exact) mass is 297 g/mol. The standard InChI is InChI=1S/C15H29NO2.C3H6/c1-6-8-15(7-2)9-11-16(12-10-15)13(17)18-14(3,4)5;1-3-2/h6-12H2,1-5H3;3H,1H2,2H3. The van der Waals surface area contributed by atoms with Gasteiger partial charge in [0.25, 0.3) is 0 Å². The molecule has 1 saturated heterocycles.